The molecule has 1 aliphatic heterocycles. The van der Waals surface area contributed by atoms with E-state index in [0.717, 1.165) is 18.6 Å². The second-order valence-corrected chi connectivity index (χ2v) is 5.89. The van der Waals surface area contributed by atoms with Gasteiger partial charge in [0.15, 0.2) is 5.37 Å². The zero-order valence-electron chi connectivity index (χ0n) is 10.8. The Labute approximate surface area is 116 Å². The number of thioether (sulfide) groups is 1. The van der Waals surface area contributed by atoms with Crippen molar-refractivity contribution in [2.75, 3.05) is 26.0 Å². The Kier molecular flexibility index (Phi) is 4.32. The second kappa shape index (κ2) is 5.80. The number of amides is 1. The van der Waals surface area contributed by atoms with Crippen molar-refractivity contribution in [3.05, 3.63) is 0 Å². The van der Waals surface area contributed by atoms with Gasteiger partial charge in [-0.1, -0.05) is 0 Å². The van der Waals surface area contributed by atoms with Gasteiger partial charge in [-0.3, -0.25) is 10.1 Å². The minimum Gasteiger partial charge on any atom is -0.467 e. The van der Waals surface area contributed by atoms with E-state index in [1.54, 1.807) is 4.90 Å². The summed E-state index contributed by atoms with van der Waals surface area (Å²) in [4.78, 5) is 25.1. The van der Waals surface area contributed by atoms with Crippen molar-refractivity contribution in [1.82, 2.24) is 10.2 Å². The summed E-state index contributed by atoms with van der Waals surface area (Å²) < 4.78 is 4.69. The fourth-order valence-corrected chi connectivity index (χ4v) is 3.19. The summed E-state index contributed by atoms with van der Waals surface area (Å²) >= 11 is 1.43. The van der Waals surface area contributed by atoms with Crippen molar-refractivity contribution in [3.8, 4) is 6.07 Å². The quantitative estimate of drug-likeness (QED) is 0.720. The topological polar surface area (TPSA) is 82.4 Å². The molecule has 0 radical (unpaired) electrons. The molecule has 104 valence electrons. The molecule has 1 aliphatic carbocycles. The van der Waals surface area contributed by atoms with Crippen LogP contribution in [-0.2, 0) is 14.3 Å². The number of carbonyl (C=O) groups is 2. The molecule has 1 atom stereocenters. The van der Waals surface area contributed by atoms with Crippen LogP contribution in [0.25, 0.3) is 0 Å². The lowest BCUT2D eigenvalue weighted by Crippen LogP contribution is -2.42. The van der Waals surface area contributed by atoms with E-state index >= 15 is 0 Å². The highest BCUT2D eigenvalue weighted by molar-refractivity contribution is 8.00. The van der Waals surface area contributed by atoms with Crippen molar-refractivity contribution >= 4 is 23.6 Å². The van der Waals surface area contributed by atoms with Crippen molar-refractivity contribution in [2.45, 2.75) is 30.2 Å². The number of ether oxygens (including phenoxy) is 1. The highest BCUT2D eigenvalue weighted by Gasteiger charge is 2.43. The Morgan fingerprint density at radius 3 is 2.89 bits per heavy atom. The first kappa shape index (κ1) is 14.2. The van der Waals surface area contributed by atoms with E-state index in [9.17, 15) is 9.59 Å². The van der Waals surface area contributed by atoms with Gasteiger partial charge in [0, 0.05) is 25.3 Å². The van der Waals surface area contributed by atoms with E-state index in [4.69, 9.17) is 5.26 Å². The van der Waals surface area contributed by atoms with E-state index in [2.05, 4.69) is 16.1 Å². The van der Waals surface area contributed by atoms with E-state index in [1.165, 1.54) is 18.9 Å². The van der Waals surface area contributed by atoms with Gasteiger partial charge in [0.1, 0.15) is 5.54 Å². The zero-order chi connectivity index (χ0) is 13.9. The van der Waals surface area contributed by atoms with Crippen LogP contribution in [0.3, 0.4) is 0 Å². The lowest BCUT2D eigenvalue weighted by Gasteiger charge is -2.22. The minimum absolute atomic E-state index is 0.0679. The molecular weight excluding hydrogens is 266 g/mol. The van der Waals surface area contributed by atoms with E-state index < -0.39 is 10.9 Å². The Bertz CT molecular complexity index is 417. The van der Waals surface area contributed by atoms with Gasteiger partial charge in [-0.2, -0.15) is 5.26 Å². The maximum atomic E-state index is 12.1. The summed E-state index contributed by atoms with van der Waals surface area (Å²) in [5, 5.41) is 11.5. The number of carbonyl (C=O) groups excluding carboxylic acids is 2. The smallest absolute Gasteiger partial charge is 0.339 e. The first-order valence-corrected chi connectivity index (χ1v) is 7.32. The first-order valence-electron chi connectivity index (χ1n) is 6.27. The Hall–Kier alpha value is -1.26. The number of rotatable bonds is 5. The number of methoxy groups -OCH3 is 1. The fourth-order valence-electron chi connectivity index (χ4n) is 2.03. The molecule has 1 unspecified atom stereocenters. The van der Waals surface area contributed by atoms with E-state index in [1.807, 2.05) is 0 Å². The highest BCUT2D eigenvalue weighted by atomic mass is 32.2. The standard InChI is InChI=1S/C12H17N3O3S/c1-18-11(17)10-15(6-7-19-10)9(16)2-5-14-12(8-13)3-4-12/h10,14H,2-7H2,1H3. The number of nitriles is 1. The van der Waals surface area contributed by atoms with Gasteiger partial charge < -0.3 is 9.64 Å². The summed E-state index contributed by atoms with van der Waals surface area (Å²) in [6.07, 6.45) is 2.00. The average molecular weight is 283 g/mol. The monoisotopic (exact) mass is 283 g/mol. The molecule has 0 spiro atoms. The molecule has 1 saturated heterocycles. The fraction of sp³-hybridized carbons (Fsp3) is 0.750. The molecule has 0 aromatic heterocycles. The Morgan fingerprint density at radius 1 is 1.58 bits per heavy atom. The van der Waals surface area contributed by atoms with Crippen molar-refractivity contribution < 1.29 is 14.3 Å². The third-order valence-electron chi connectivity index (χ3n) is 3.38. The van der Waals surface area contributed by atoms with Gasteiger partial charge in [-0.25, -0.2) is 4.79 Å². The summed E-state index contributed by atoms with van der Waals surface area (Å²) in [6.45, 7) is 1.05. The lowest BCUT2D eigenvalue weighted by atomic mass is 10.2. The molecule has 0 aromatic rings. The SMILES string of the molecule is COC(=O)C1SCCN1C(=O)CCNC1(C#N)CC1. The average Bonchev–Trinajstić information content (AvgIpc) is 3.03. The first-order chi connectivity index (χ1) is 9.12. The maximum Gasteiger partial charge on any atom is 0.339 e. The van der Waals surface area contributed by atoms with Gasteiger partial charge in [0.05, 0.1) is 13.2 Å². The van der Waals surface area contributed by atoms with Crippen molar-refractivity contribution in [1.29, 1.82) is 5.26 Å². The van der Waals surface area contributed by atoms with Crippen LogP contribution < -0.4 is 5.32 Å². The summed E-state index contributed by atoms with van der Waals surface area (Å²) in [6, 6.07) is 2.22. The predicted octanol–water partition coefficient (Wildman–Crippen LogP) is 0.0968. The maximum absolute atomic E-state index is 12.1. The molecule has 1 heterocycles. The zero-order valence-corrected chi connectivity index (χ0v) is 11.7. The van der Waals surface area contributed by atoms with Gasteiger partial charge in [-0.15, -0.1) is 11.8 Å². The van der Waals surface area contributed by atoms with Crippen LogP contribution in [0.15, 0.2) is 0 Å². The summed E-state index contributed by atoms with van der Waals surface area (Å²) in [5.74, 6) is 0.308. The van der Waals surface area contributed by atoms with Crippen molar-refractivity contribution in [3.63, 3.8) is 0 Å². The highest BCUT2D eigenvalue weighted by Crippen LogP contribution is 2.34. The summed E-state index contributed by atoms with van der Waals surface area (Å²) in [5.41, 5.74) is -0.401. The van der Waals surface area contributed by atoms with Crippen molar-refractivity contribution in [2.24, 2.45) is 0 Å². The van der Waals surface area contributed by atoms with Crippen LogP contribution >= 0.6 is 11.8 Å². The number of esters is 1. The van der Waals surface area contributed by atoms with Crippen LogP contribution in [-0.4, -0.2) is 53.6 Å². The predicted molar refractivity (Wildman–Crippen MR) is 70.2 cm³/mol. The van der Waals surface area contributed by atoms with Gasteiger partial charge >= 0.3 is 5.97 Å². The minimum atomic E-state index is -0.511. The van der Waals surface area contributed by atoms with E-state index in [-0.39, 0.29) is 11.9 Å². The van der Waals surface area contributed by atoms with Gasteiger partial charge in [0.2, 0.25) is 5.91 Å². The van der Waals surface area contributed by atoms with Crippen LogP contribution in [0.4, 0.5) is 0 Å². The number of nitrogens with zero attached hydrogens (tertiary/aromatic N) is 2. The third-order valence-corrected chi connectivity index (χ3v) is 4.56. The second-order valence-electron chi connectivity index (χ2n) is 4.70. The normalized spacial score (nSPS) is 23.8. The summed E-state index contributed by atoms with van der Waals surface area (Å²) in [7, 11) is 1.33. The molecule has 1 amide bonds. The molecule has 2 rings (SSSR count). The molecule has 19 heavy (non-hydrogen) atoms. The molecule has 1 saturated carbocycles. The lowest BCUT2D eigenvalue weighted by molar-refractivity contribution is -0.148. The van der Waals surface area contributed by atoms with Crippen LogP contribution in [0.1, 0.15) is 19.3 Å². The van der Waals surface area contributed by atoms with Gasteiger partial charge in [-0.05, 0) is 12.8 Å². The molecule has 2 aliphatic rings. The molecule has 7 heteroatoms. The Balaban J connectivity index is 1.79. The molecular formula is C12H17N3O3S. The molecule has 0 aromatic carbocycles. The number of hydrogen-bond donors (Lipinski definition) is 1. The number of nitrogens with one attached hydrogen (secondary N) is 1. The molecule has 6 nitrogen and oxygen atoms in total. The number of hydrogen-bond acceptors (Lipinski definition) is 6. The van der Waals surface area contributed by atoms with Gasteiger partial charge in [0.25, 0.3) is 0 Å². The molecule has 0 bridgehead atoms. The van der Waals surface area contributed by atoms with Crippen LogP contribution in [0.5, 0.6) is 0 Å². The third kappa shape index (κ3) is 3.19. The van der Waals surface area contributed by atoms with E-state index in [0.29, 0.717) is 19.5 Å². The molecule has 2 fully saturated rings. The Morgan fingerprint density at radius 2 is 2.32 bits per heavy atom. The van der Waals surface area contributed by atoms with Crippen LogP contribution in [0.2, 0.25) is 0 Å². The van der Waals surface area contributed by atoms with Crippen LogP contribution in [0, 0.1) is 11.3 Å². The molecule has 1 N–H and O–H groups in total. The largest absolute Gasteiger partial charge is 0.467 e.